The van der Waals surface area contributed by atoms with Gasteiger partial charge in [0.2, 0.25) is 5.91 Å². The molecule has 1 unspecified atom stereocenters. The van der Waals surface area contributed by atoms with Gasteiger partial charge in [0.05, 0.1) is 18.2 Å². The molecular weight excluding hydrogens is 252 g/mol. The van der Waals surface area contributed by atoms with Gasteiger partial charge >= 0.3 is 0 Å². The van der Waals surface area contributed by atoms with Gasteiger partial charge < -0.3 is 15.0 Å². The maximum atomic E-state index is 12.4. The average molecular weight is 280 g/mol. The summed E-state index contributed by atoms with van der Waals surface area (Å²) in [6, 6.07) is 0.0797. The number of likely N-dealkylation sites (tertiary alicyclic amines) is 1. The summed E-state index contributed by atoms with van der Waals surface area (Å²) in [6.07, 6.45) is 11.5. The van der Waals surface area contributed by atoms with Crippen molar-refractivity contribution in [1.82, 2.24) is 10.2 Å². The molecule has 3 aliphatic rings. The average Bonchev–Trinajstić information content (AvgIpc) is 3.01. The lowest BCUT2D eigenvalue weighted by molar-refractivity contribution is -0.137. The number of rotatable bonds is 3. The van der Waals surface area contributed by atoms with Crippen LogP contribution in [0.2, 0.25) is 0 Å². The van der Waals surface area contributed by atoms with Crippen LogP contribution >= 0.6 is 0 Å². The number of nitrogens with one attached hydrogen (secondary N) is 1. The summed E-state index contributed by atoms with van der Waals surface area (Å²) in [5.74, 6) is 0.323. The Morgan fingerprint density at radius 3 is 2.20 bits per heavy atom. The standard InChI is InChI=1S/C16H28N2O2/c19-16(15-7-3-4-10-17-15)18-11-8-14(9-12-18)20-13-5-1-2-6-13/h13-15,17H,1-12H2. The van der Waals surface area contributed by atoms with Crippen molar-refractivity contribution >= 4 is 5.91 Å². The van der Waals surface area contributed by atoms with E-state index in [-0.39, 0.29) is 6.04 Å². The van der Waals surface area contributed by atoms with Gasteiger partial charge in [-0.15, -0.1) is 0 Å². The number of ether oxygens (including phenoxy) is 1. The fourth-order valence-electron chi connectivity index (χ4n) is 3.79. The Kier molecular flexibility index (Phi) is 4.94. The van der Waals surface area contributed by atoms with E-state index in [1.165, 1.54) is 38.5 Å². The van der Waals surface area contributed by atoms with E-state index in [1.54, 1.807) is 0 Å². The summed E-state index contributed by atoms with van der Waals surface area (Å²) in [5.41, 5.74) is 0. The molecule has 4 heteroatoms. The lowest BCUT2D eigenvalue weighted by atomic mass is 10.0. The Morgan fingerprint density at radius 1 is 0.900 bits per heavy atom. The molecule has 2 aliphatic heterocycles. The molecule has 20 heavy (non-hydrogen) atoms. The van der Waals surface area contributed by atoms with E-state index in [1.807, 2.05) is 0 Å². The first kappa shape index (κ1) is 14.3. The molecule has 0 aromatic rings. The van der Waals surface area contributed by atoms with E-state index in [9.17, 15) is 4.79 Å². The first-order chi connectivity index (χ1) is 9.83. The minimum Gasteiger partial charge on any atom is -0.375 e. The molecule has 0 aromatic heterocycles. The molecule has 1 N–H and O–H groups in total. The van der Waals surface area contributed by atoms with Gasteiger partial charge in [-0.05, 0) is 45.1 Å². The van der Waals surface area contributed by atoms with Crippen molar-refractivity contribution in [2.24, 2.45) is 0 Å². The van der Waals surface area contributed by atoms with E-state index < -0.39 is 0 Å². The predicted octanol–water partition coefficient (Wildman–Crippen LogP) is 2.08. The lowest BCUT2D eigenvalue weighted by Gasteiger charge is -2.36. The molecule has 0 radical (unpaired) electrons. The molecule has 0 aromatic carbocycles. The van der Waals surface area contributed by atoms with Crippen LogP contribution < -0.4 is 5.32 Å². The molecule has 1 saturated carbocycles. The molecule has 3 fully saturated rings. The number of nitrogens with zero attached hydrogens (tertiary/aromatic N) is 1. The van der Waals surface area contributed by atoms with Crippen molar-refractivity contribution in [3.8, 4) is 0 Å². The molecule has 3 rings (SSSR count). The summed E-state index contributed by atoms with van der Waals surface area (Å²) in [7, 11) is 0. The van der Waals surface area contributed by atoms with Gasteiger partial charge in [-0.1, -0.05) is 19.3 Å². The topological polar surface area (TPSA) is 41.6 Å². The second-order valence-corrected chi connectivity index (χ2v) is 6.57. The van der Waals surface area contributed by atoms with Crippen molar-refractivity contribution in [3.63, 3.8) is 0 Å². The number of amides is 1. The van der Waals surface area contributed by atoms with Crippen molar-refractivity contribution in [1.29, 1.82) is 0 Å². The fourth-order valence-corrected chi connectivity index (χ4v) is 3.79. The second-order valence-electron chi connectivity index (χ2n) is 6.57. The Bertz CT molecular complexity index is 314. The van der Waals surface area contributed by atoms with E-state index >= 15 is 0 Å². The SMILES string of the molecule is O=C(C1CCCCN1)N1CCC(OC2CCCC2)CC1. The van der Waals surface area contributed by atoms with Crippen LogP contribution in [0.15, 0.2) is 0 Å². The fraction of sp³-hybridized carbons (Fsp3) is 0.938. The van der Waals surface area contributed by atoms with Crippen molar-refractivity contribution in [2.75, 3.05) is 19.6 Å². The smallest absolute Gasteiger partial charge is 0.239 e. The van der Waals surface area contributed by atoms with Gasteiger partial charge in [-0.25, -0.2) is 0 Å². The van der Waals surface area contributed by atoms with Gasteiger partial charge in [0.15, 0.2) is 0 Å². The minimum atomic E-state index is 0.0797. The molecular formula is C16H28N2O2. The zero-order chi connectivity index (χ0) is 13.8. The third kappa shape index (κ3) is 3.53. The normalized spacial score (nSPS) is 29.8. The largest absolute Gasteiger partial charge is 0.375 e. The molecule has 4 nitrogen and oxygen atoms in total. The highest BCUT2D eigenvalue weighted by Crippen LogP contribution is 2.25. The Balaban J connectivity index is 1.41. The third-order valence-corrected chi connectivity index (χ3v) is 5.05. The van der Waals surface area contributed by atoms with Crippen LogP contribution in [0.3, 0.4) is 0 Å². The van der Waals surface area contributed by atoms with Crippen molar-refractivity contribution in [2.45, 2.75) is 76.0 Å². The summed E-state index contributed by atoms with van der Waals surface area (Å²) in [5, 5.41) is 3.36. The van der Waals surface area contributed by atoms with Gasteiger partial charge in [-0.2, -0.15) is 0 Å². The Labute approximate surface area is 122 Å². The summed E-state index contributed by atoms with van der Waals surface area (Å²) in [4.78, 5) is 14.5. The van der Waals surface area contributed by atoms with Crippen LogP contribution in [0, 0.1) is 0 Å². The first-order valence-electron chi connectivity index (χ1n) is 8.50. The van der Waals surface area contributed by atoms with Crippen LogP contribution in [-0.4, -0.2) is 48.7 Å². The van der Waals surface area contributed by atoms with Crippen molar-refractivity contribution in [3.05, 3.63) is 0 Å². The molecule has 1 aliphatic carbocycles. The molecule has 1 atom stereocenters. The third-order valence-electron chi connectivity index (χ3n) is 5.05. The highest BCUT2D eigenvalue weighted by Gasteiger charge is 2.30. The van der Waals surface area contributed by atoms with Gasteiger partial charge in [0, 0.05) is 13.1 Å². The van der Waals surface area contributed by atoms with Crippen LogP contribution in [0.4, 0.5) is 0 Å². The number of hydrogen-bond donors (Lipinski definition) is 1. The molecule has 0 bridgehead atoms. The number of piperidine rings is 2. The monoisotopic (exact) mass is 280 g/mol. The number of hydrogen-bond acceptors (Lipinski definition) is 3. The zero-order valence-electron chi connectivity index (χ0n) is 12.5. The van der Waals surface area contributed by atoms with Crippen LogP contribution in [0.1, 0.15) is 57.8 Å². The van der Waals surface area contributed by atoms with E-state index in [4.69, 9.17) is 4.74 Å². The summed E-state index contributed by atoms with van der Waals surface area (Å²) >= 11 is 0. The summed E-state index contributed by atoms with van der Waals surface area (Å²) < 4.78 is 6.17. The molecule has 2 saturated heterocycles. The van der Waals surface area contributed by atoms with Gasteiger partial charge in [0.25, 0.3) is 0 Å². The zero-order valence-corrected chi connectivity index (χ0v) is 12.5. The summed E-state index contributed by atoms with van der Waals surface area (Å²) in [6.45, 7) is 2.76. The predicted molar refractivity (Wildman–Crippen MR) is 78.6 cm³/mol. The molecule has 2 heterocycles. The van der Waals surface area contributed by atoms with Crippen LogP contribution in [-0.2, 0) is 9.53 Å². The van der Waals surface area contributed by atoms with Gasteiger partial charge in [0.1, 0.15) is 0 Å². The Hall–Kier alpha value is -0.610. The van der Waals surface area contributed by atoms with E-state index in [0.29, 0.717) is 18.1 Å². The number of carbonyl (C=O) groups is 1. The van der Waals surface area contributed by atoms with E-state index in [0.717, 1.165) is 38.9 Å². The quantitative estimate of drug-likeness (QED) is 0.860. The first-order valence-corrected chi connectivity index (χ1v) is 8.50. The molecule has 1 amide bonds. The highest BCUT2D eigenvalue weighted by molar-refractivity contribution is 5.82. The Morgan fingerprint density at radius 2 is 1.55 bits per heavy atom. The highest BCUT2D eigenvalue weighted by atomic mass is 16.5. The molecule has 0 spiro atoms. The van der Waals surface area contributed by atoms with Crippen LogP contribution in [0.25, 0.3) is 0 Å². The van der Waals surface area contributed by atoms with Crippen molar-refractivity contribution < 1.29 is 9.53 Å². The van der Waals surface area contributed by atoms with E-state index in [2.05, 4.69) is 10.2 Å². The van der Waals surface area contributed by atoms with Gasteiger partial charge in [-0.3, -0.25) is 4.79 Å². The van der Waals surface area contributed by atoms with Crippen LogP contribution in [0.5, 0.6) is 0 Å². The number of carbonyl (C=O) groups excluding carboxylic acids is 1. The second kappa shape index (κ2) is 6.90. The maximum Gasteiger partial charge on any atom is 0.239 e. The lowest BCUT2D eigenvalue weighted by Crippen LogP contribution is -2.51. The minimum absolute atomic E-state index is 0.0797. The molecule has 114 valence electrons. The maximum absolute atomic E-state index is 12.4.